The average Bonchev–Trinajstić information content (AvgIpc) is 2.75. The lowest BCUT2D eigenvalue weighted by atomic mass is 10.0. The summed E-state index contributed by atoms with van der Waals surface area (Å²) in [5.74, 6) is 0.257. The summed E-state index contributed by atoms with van der Waals surface area (Å²) in [4.78, 5) is 33.5. The van der Waals surface area contributed by atoms with Gasteiger partial charge in [0.25, 0.3) is 5.91 Å². The fourth-order valence-corrected chi connectivity index (χ4v) is 3.65. The van der Waals surface area contributed by atoms with Crippen molar-refractivity contribution < 1.29 is 9.90 Å². The predicted octanol–water partition coefficient (Wildman–Crippen LogP) is 3.74. The largest absolute Gasteiger partial charge is 0.508 e. The molecule has 1 aliphatic heterocycles. The fourth-order valence-electron chi connectivity index (χ4n) is 3.65. The highest BCUT2D eigenvalue weighted by atomic mass is 16.3. The highest BCUT2D eigenvalue weighted by Gasteiger charge is 2.18. The Bertz CT molecular complexity index is 1100. The molecule has 1 fully saturated rings. The molecule has 0 bridgehead atoms. The zero-order valence-electron chi connectivity index (χ0n) is 16.3. The van der Waals surface area contributed by atoms with Gasteiger partial charge in [0.1, 0.15) is 5.75 Å². The number of phenols is 1. The molecular formula is C23H23N3O3. The maximum Gasteiger partial charge on any atom is 0.345 e. The minimum absolute atomic E-state index is 0.0553. The number of benzene rings is 2. The third kappa shape index (κ3) is 4.06. The van der Waals surface area contributed by atoms with E-state index in [9.17, 15) is 14.7 Å². The number of hydrogen-bond acceptors (Lipinski definition) is 4. The maximum atomic E-state index is 12.6. The molecule has 2 aromatic carbocycles. The lowest BCUT2D eigenvalue weighted by Crippen LogP contribution is -2.35. The number of hydrogen-bond donors (Lipinski definition) is 2. The Morgan fingerprint density at radius 2 is 1.69 bits per heavy atom. The van der Waals surface area contributed by atoms with Crippen molar-refractivity contribution in [3.05, 3.63) is 70.1 Å². The summed E-state index contributed by atoms with van der Waals surface area (Å²) in [5.41, 5.74) is 3.63. The Balaban J connectivity index is 1.63. The number of nitrogens with one attached hydrogen (secondary N) is 1. The Morgan fingerprint density at radius 3 is 2.38 bits per heavy atom. The third-order valence-electron chi connectivity index (χ3n) is 5.32. The third-order valence-corrected chi connectivity index (χ3v) is 5.32. The number of aromatic hydroxyl groups is 1. The number of carbonyl (C=O) groups is 1. The number of H-pyrrole nitrogens is 1. The molecule has 0 spiro atoms. The van der Waals surface area contributed by atoms with Crippen molar-refractivity contribution in [2.75, 3.05) is 13.1 Å². The second-order valence-electron chi connectivity index (χ2n) is 7.42. The first-order valence-electron chi connectivity index (χ1n) is 9.82. The van der Waals surface area contributed by atoms with Crippen LogP contribution >= 0.6 is 0 Å². The van der Waals surface area contributed by atoms with Crippen LogP contribution in [-0.2, 0) is 0 Å². The molecule has 1 aliphatic rings. The van der Waals surface area contributed by atoms with Gasteiger partial charge in [0, 0.05) is 24.2 Å². The molecule has 148 valence electrons. The van der Waals surface area contributed by atoms with Crippen LogP contribution in [0.4, 0.5) is 0 Å². The second-order valence-corrected chi connectivity index (χ2v) is 7.42. The van der Waals surface area contributed by atoms with Crippen LogP contribution in [0.15, 0.2) is 53.3 Å². The maximum absolute atomic E-state index is 12.6. The number of carbonyl (C=O) groups excluding carboxylic acids is 1. The van der Waals surface area contributed by atoms with E-state index in [-0.39, 0.29) is 11.7 Å². The van der Waals surface area contributed by atoms with Crippen molar-refractivity contribution in [2.45, 2.75) is 26.2 Å². The van der Waals surface area contributed by atoms with E-state index in [4.69, 9.17) is 0 Å². The standard InChI is InChI=1S/C23H23N3O3/c1-15-13-18(9-10-21(15)27)20-14-19(24-23(29)25-20)16-5-7-17(8-6-16)22(28)26-11-3-2-4-12-26/h5-10,13-14,27H,2-4,11-12H2,1H3,(H,24,25,29). The highest BCUT2D eigenvalue weighted by molar-refractivity contribution is 5.94. The number of phenolic OH excluding ortho intramolecular Hbond substituents is 1. The van der Waals surface area contributed by atoms with Crippen LogP contribution in [0.5, 0.6) is 5.75 Å². The molecule has 2 N–H and O–H groups in total. The molecule has 1 aromatic heterocycles. The van der Waals surface area contributed by atoms with Gasteiger partial charge in [-0.15, -0.1) is 0 Å². The first-order chi connectivity index (χ1) is 14.0. The quantitative estimate of drug-likeness (QED) is 0.714. The number of nitrogens with zero attached hydrogens (tertiary/aromatic N) is 2. The minimum Gasteiger partial charge on any atom is -0.508 e. The van der Waals surface area contributed by atoms with E-state index < -0.39 is 5.69 Å². The summed E-state index contributed by atoms with van der Waals surface area (Å²) in [6.07, 6.45) is 3.30. The van der Waals surface area contributed by atoms with Gasteiger partial charge < -0.3 is 15.0 Å². The molecule has 1 saturated heterocycles. The Labute approximate surface area is 168 Å². The average molecular weight is 389 g/mol. The van der Waals surface area contributed by atoms with Crippen molar-refractivity contribution in [3.8, 4) is 28.3 Å². The molecule has 0 saturated carbocycles. The number of likely N-dealkylation sites (tertiary alicyclic amines) is 1. The van der Waals surface area contributed by atoms with Gasteiger partial charge in [-0.3, -0.25) is 4.79 Å². The van der Waals surface area contributed by atoms with Gasteiger partial charge in [-0.05, 0) is 73.7 Å². The molecule has 4 rings (SSSR count). The van der Waals surface area contributed by atoms with E-state index in [0.29, 0.717) is 22.5 Å². The van der Waals surface area contributed by atoms with Gasteiger partial charge in [-0.1, -0.05) is 12.1 Å². The summed E-state index contributed by atoms with van der Waals surface area (Å²) in [5, 5.41) is 9.72. The number of aromatic nitrogens is 2. The molecule has 6 nitrogen and oxygen atoms in total. The number of piperidine rings is 1. The van der Waals surface area contributed by atoms with Gasteiger partial charge in [0.15, 0.2) is 0 Å². The van der Waals surface area contributed by atoms with Gasteiger partial charge in [-0.2, -0.15) is 4.98 Å². The lowest BCUT2D eigenvalue weighted by molar-refractivity contribution is 0.0724. The molecule has 29 heavy (non-hydrogen) atoms. The summed E-state index contributed by atoms with van der Waals surface area (Å²) in [6, 6.07) is 14.2. The lowest BCUT2D eigenvalue weighted by Gasteiger charge is -2.26. The van der Waals surface area contributed by atoms with E-state index in [1.54, 1.807) is 43.3 Å². The SMILES string of the molecule is Cc1cc(-c2cc(-c3ccc(C(=O)N4CCCCC4)cc3)[nH]c(=O)n2)ccc1O. The molecule has 1 amide bonds. The first kappa shape index (κ1) is 18.9. The van der Waals surface area contributed by atoms with Crippen molar-refractivity contribution in [1.82, 2.24) is 14.9 Å². The van der Waals surface area contributed by atoms with E-state index in [1.165, 1.54) is 6.42 Å². The zero-order chi connectivity index (χ0) is 20.4. The smallest absolute Gasteiger partial charge is 0.345 e. The Morgan fingerprint density at radius 1 is 1.00 bits per heavy atom. The van der Waals surface area contributed by atoms with Crippen LogP contribution in [-0.4, -0.2) is 39.0 Å². The van der Waals surface area contributed by atoms with Crippen LogP contribution in [0.1, 0.15) is 35.2 Å². The second kappa shape index (κ2) is 7.91. The van der Waals surface area contributed by atoms with E-state index in [2.05, 4.69) is 9.97 Å². The first-order valence-corrected chi connectivity index (χ1v) is 9.82. The van der Waals surface area contributed by atoms with Crippen LogP contribution in [0.2, 0.25) is 0 Å². The molecule has 0 unspecified atom stereocenters. The van der Waals surface area contributed by atoms with Crippen LogP contribution in [0.25, 0.3) is 22.5 Å². The van der Waals surface area contributed by atoms with E-state index in [1.807, 2.05) is 17.0 Å². The molecular weight excluding hydrogens is 366 g/mol. The number of aromatic amines is 1. The molecule has 6 heteroatoms. The number of amides is 1. The molecule has 2 heterocycles. The van der Waals surface area contributed by atoms with Crippen molar-refractivity contribution in [1.29, 1.82) is 0 Å². The zero-order valence-corrected chi connectivity index (χ0v) is 16.3. The Kier molecular flexibility index (Phi) is 5.16. The molecule has 0 atom stereocenters. The van der Waals surface area contributed by atoms with E-state index in [0.717, 1.165) is 37.1 Å². The number of rotatable bonds is 3. The summed E-state index contributed by atoms with van der Waals surface area (Å²) in [6.45, 7) is 3.42. The van der Waals surface area contributed by atoms with Gasteiger partial charge in [0.2, 0.25) is 0 Å². The van der Waals surface area contributed by atoms with Crippen LogP contribution < -0.4 is 5.69 Å². The number of aryl methyl sites for hydroxylation is 1. The van der Waals surface area contributed by atoms with Crippen LogP contribution in [0, 0.1) is 6.92 Å². The molecule has 0 radical (unpaired) electrons. The van der Waals surface area contributed by atoms with Crippen LogP contribution in [0.3, 0.4) is 0 Å². The molecule has 0 aliphatic carbocycles. The minimum atomic E-state index is -0.448. The fraction of sp³-hybridized carbons (Fsp3) is 0.261. The van der Waals surface area contributed by atoms with Crippen molar-refractivity contribution in [3.63, 3.8) is 0 Å². The van der Waals surface area contributed by atoms with Gasteiger partial charge >= 0.3 is 5.69 Å². The summed E-state index contributed by atoms with van der Waals surface area (Å²) >= 11 is 0. The molecule has 3 aromatic rings. The highest BCUT2D eigenvalue weighted by Crippen LogP contribution is 2.26. The van der Waals surface area contributed by atoms with Crippen molar-refractivity contribution >= 4 is 5.91 Å². The normalized spacial score (nSPS) is 14.0. The summed E-state index contributed by atoms with van der Waals surface area (Å²) < 4.78 is 0. The predicted molar refractivity (Wildman–Crippen MR) is 112 cm³/mol. The van der Waals surface area contributed by atoms with E-state index >= 15 is 0 Å². The van der Waals surface area contributed by atoms with Gasteiger partial charge in [0.05, 0.1) is 11.4 Å². The van der Waals surface area contributed by atoms with Gasteiger partial charge in [-0.25, -0.2) is 4.79 Å². The topological polar surface area (TPSA) is 86.3 Å². The Hall–Kier alpha value is -3.41. The monoisotopic (exact) mass is 389 g/mol. The van der Waals surface area contributed by atoms with Crippen molar-refractivity contribution in [2.24, 2.45) is 0 Å². The summed E-state index contributed by atoms with van der Waals surface area (Å²) in [7, 11) is 0.